The lowest BCUT2D eigenvalue weighted by Gasteiger charge is -2.09. The Bertz CT molecular complexity index is 1360. The zero-order valence-electron chi connectivity index (χ0n) is 16.6. The topological polar surface area (TPSA) is 85.8 Å². The molecule has 5 aromatic rings. The maximum Gasteiger partial charge on any atom is 0.274 e. The minimum atomic E-state index is -0.302. The van der Waals surface area contributed by atoms with E-state index in [2.05, 4.69) is 20.6 Å². The standard InChI is InChI=1S/C24H16ClN5O2/c25-18-11-9-16(10-12-18)21-14-22(30(29-21)20-7-2-1-3-8-20)23(31)27-19-6-4-5-17(13-19)24-28-26-15-32-24/h1-15H,(H,27,31). The minimum Gasteiger partial charge on any atom is -0.423 e. The van der Waals surface area contributed by atoms with Crippen molar-refractivity contribution in [1.29, 1.82) is 0 Å². The molecule has 0 atom stereocenters. The lowest BCUT2D eigenvalue weighted by atomic mass is 10.1. The summed E-state index contributed by atoms with van der Waals surface area (Å²) in [7, 11) is 0. The molecule has 0 unspecified atom stereocenters. The smallest absolute Gasteiger partial charge is 0.274 e. The Hall–Kier alpha value is -4.23. The number of rotatable bonds is 5. The molecule has 0 aliphatic carbocycles. The summed E-state index contributed by atoms with van der Waals surface area (Å²) in [6.45, 7) is 0. The van der Waals surface area contributed by atoms with E-state index in [0.717, 1.165) is 11.3 Å². The SMILES string of the molecule is O=C(Nc1cccc(-c2nnco2)c1)c1cc(-c2ccc(Cl)cc2)nn1-c1ccccc1. The molecule has 0 saturated heterocycles. The van der Waals surface area contributed by atoms with E-state index in [9.17, 15) is 4.79 Å². The molecule has 0 radical (unpaired) electrons. The highest BCUT2D eigenvalue weighted by Crippen LogP contribution is 2.25. The second-order valence-electron chi connectivity index (χ2n) is 6.95. The quantitative estimate of drug-likeness (QED) is 0.389. The first-order valence-electron chi connectivity index (χ1n) is 9.77. The Labute approximate surface area is 188 Å². The first kappa shape index (κ1) is 19.7. The lowest BCUT2D eigenvalue weighted by molar-refractivity contribution is 0.101. The highest BCUT2D eigenvalue weighted by Gasteiger charge is 2.18. The molecular formula is C24H16ClN5O2. The zero-order chi connectivity index (χ0) is 21.9. The largest absolute Gasteiger partial charge is 0.423 e. The van der Waals surface area contributed by atoms with Gasteiger partial charge < -0.3 is 9.73 Å². The number of hydrogen-bond acceptors (Lipinski definition) is 5. The van der Waals surface area contributed by atoms with Crippen LogP contribution >= 0.6 is 11.6 Å². The van der Waals surface area contributed by atoms with E-state index >= 15 is 0 Å². The molecule has 1 amide bonds. The van der Waals surface area contributed by atoms with Gasteiger partial charge in [0.1, 0.15) is 5.69 Å². The maximum absolute atomic E-state index is 13.3. The lowest BCUT2D eigenvalue weighted by Crippen LogP contribution is -2.17. The summed E-state index contributed by atoms with van der Waals surface area (Å²) >= 11 is 6.02. The van der Waals surface area contributed by atoms with Crippen molar-refractivity contribution >= 4 is 23.2 Å². The third-order valence-electron chi connectivity index (χ3n) is 4.81. The van der Waals surface area contributed by atoms with Gasteiger partial charge in [0.05, 0.1) is 11.4 Å². The maximum atomic E-state index is 13.3. The van der Waals surface area contributed by atoms with Crippen molar-refractivity contribution in [2.24, 2.45) is 0 Å². The van der Waals surface area contributed by atoms with E-state index in [1.165, 1.54) is 6.39 Å². The van der Waals surface area contributed by atoms with Gasteiger partial charge in [-0.05, 0) is 48.5 Å². The van der Waals surface area contributed by atoms with E-state index in [0.29, 0.717) is 33.6 Å². The molecule has 0 spiro atoms. The van der Waals surface area contributed by atoms with Crippen LogP contribution in [0.3, 0.4) is 0 Å². The van der Waals surface area contributed by atoms with E-state index in [4.69, 9.17) is 16.0 Å². The molecule has 0 aliphatic heterocycles. The number of hydrogen-bond donors (Lipinski definition) is 1. The molecule has 2 heterocycles. The number of benzene rings is 3. The van der Waals surface area contributed by atoms with Crippen molar-refractivity contribution in [3.63, 3.8) is 0 Å². The van der Waals surface area contributed by atoms with Crippen molar-refractivity contribution in [2.45, 2.75) is 0 Å². The van der Waals surface area contributed by atoms with Crippen LogP contribution in [-0.2, 0) is 0 Å². The average molecular weight is 442 g/mol. The van der Waals surface area contributed by atoms with E-state index in [1.54, 1.807) is 35.0 Å². The van der Waals surface area contributed by atoms with Crippen LogP contribution < -0.4 is 5.32 Å². The first-order valence-corrected chi connectivity index (χ1v) is 10.1. The highest BCUT2D eigenvalue weighted by molar-refractivity contribution is 6.30. The van der Waals surface area contributed by atoms with Crippen LogP contribution in [0.15, 0.2) is 95.7 Å². The van der Waals surface area contributed by atoms with Gasteiger partial charge in [-0.3, -0.25) is 4.79 Å². The third-order valence-corrected chi connectivity index (χ3v) is 5.06. The van der Waals surface area contributed by atoms with Crippen LogP contribution in [0.4, 0.5) is 5.69 Å². The summed E-state index contributed by atoms with van der Waals surface area (Å²) < 4.78 is 6.87. The van der Waals surface area contributed by atoms with Crippen molar-refractivity contribution in [3.8, 4) is 28.4 Å². The molecule has 0 fully saturated rings. The summed E-state index contributed by atoms with van der Waals surface area (Å²) in [5, 5.41) is 15.9. The van der Waals surface area contributed by atoms with Gasteiger partial charge in [-0.1, -0.05) is 48.0 Å². The number of carbonyl (C=O) groups is 1. The molecule has 0 bridgehead atoms. The molecule has 1 N–H and O–H groups in total. The summed E-state index contributed by atoms with van der Waals surface area (Å²) in [4.78, 5) is 13.3. The predicted octanol–water partition coefficient (Wildman–Crippen LogP) is 5.50. The van der Waals surface area contributed by atoms with Gasteiger partial charge in [-0.15, -0.1) is 10.2 Å². The van der Waals surface area contributed by atoms with Gasteiger partial charge in [-0.25, -0.2) is 4.68 Å². The molecule has 7 nitrogen and oxygen atoms in total. The fourth-order valence-corrected chi connectivity index (χ4v) is 3.42. The van der Waals surface area contributed by atoms with Gasteiger partial charge in [0, 0.05) is 21.8 Å². The Morgan fingerprint density at radius 2 is 1.72 bits per heavy atom. The molecule has 32 heavy (non-hydrogen) atoms. The monoisotopic (exact) mass is 441 g/mol. The summed E-state index contributed by atoms with van der Waals surface area (Å²) in [6, 6.07) is 25.8. The fourth-order valence-electron chi connectivity index (χ4n) is 3.29. The summed E-state index contributed by atoms with van der Waals surface area (Å²) in [5.41, 5.74) is 3.99. The normalized spacial score (nSPS) is 10.8. The molecule has 2 aromatic heterocycles. The van der Waals surface area contributed by atoms with E-state index in [1.807, 2.05) is 54.6 Å². The van der Waals surface area contributed by atoms with Gasteiger partial charge in [0.2, 0.25) is 12.3 Å². The van der Waals surface area contributed by atoms with E-state index < -0.39 is 0 Å². The number of para-hydroxylation sites is 1. The number of carbonyl (C=O) groups excluding carboxylic acids is 1. The zero-order valence-corrected chi connectivity index (χ0v) is 17.4. The second kappa shape index (κ2) is 8.49. The van der Waals surface area contributed by atoms with E-state index in [-0.39, 0.29) is 5.91 Å². The van der Waals surface area contributed by atoms with Crippen LogP contribution in [0.5, 0.6) is 0 Å². The van der Waals surface area contributed by atoms with Crippen molar-refractivity contribution in [3.05, 3.63) is 102 Å². The van der Waals surface area contributed by atoms with Crippen LogP contribution in [0, 0.1) is 0 Å². The van der Waals surface area contributed by atoms with Crippen LogP contribution in [-0.4, -0.2) is 25.9 Å². The molecule has 156 valence electrons. The Morgan fingerprint density at radius 3 is 2.47 bits per heavy atom. The fraction of sp³-hybridized carbons (Fsp3) is 0. The Balaban J connectivity index is 1.51. The molecule has 8 heteroatoms. The minimum absolute atomic E-state index is 0.302. The van der Waals surface area contributed by atoms with Gasteiger partial charge >= 0.3 is 0 Å². The highest BCUT2D eigenvalue weighted by atomic mass is 35.5. The predicted molar refractivity (Wildman–Crippen MR) is 122 cm³/mol. The first-order chi connectivity index (χ1) is 15.7. The molecular weight excluding hydrogens is 426 g/mol. The van der Waals surface area contributed by atoms with Gasteiger partial charge in [0.25, 0.3) is 5.91 Å². The molecule has 3 aromatic carbocycles. The number of amides is 1. The average Bonchev–Trinajstić information content (AvgIpc) is 3.51. The van der Waals surface area contributed by atoms with Crippen LogP contribution in [0.2, 0.25) is 5.02 Å². The second-order valence-corrected chi connectivity index (χ2v) is 7.38. The Morgan fingerprint density at radius 1 is 0.906 bits per heavy atom. The third kappa shape index (κ3) is 4.01. The van der Waals surface area contributed by atoms with Crippen molar-refractivity contribution in [2.75, 3.05) is 5.32 Å². The van der Waals surface area contributed by atoms with Gasteiger partial charge in [-0.2, -0.15) is 5.10 Å². The molecule has 5 rings (SSSR count). The van der Waals surface area contributed by atoms with Crippen LogP contribution in [0.25, 0.3) is 28.4 Å². The summed E-state index contributed by atoms with van der Waals surface area (Å²) in [6.07, 6.45) is 1.26. The van der Waals surface area contributed by atoms with Crippen LogP contribution in [0.1, 0.15) is 10.5 Å². The number of aromatic nitrogens is 4. The number of nitrogens with one attached hydrogen (secondary N) is 1. The number of nitrogens with zero attached hydrogens (tertiary/aromatic N) is 4. The molecule has 0 saturated carbocycles. The van der Waals surface area contributed by atoms with Gasteiger partial charge in [0.15, 0.2) is 0 Å². The van der Waals surface area contributed by atoms with Crippen molar-refractivity contribution < 1.29 is 9.21 Å². The number of halogens is 1. The molecule has 0 aliphatic rings. The summed E-state index contributed by atoms with van der Waals surface area (Å²) in [5.74, 6) is 0.0738. The Kier molecular flexibility index (Phi) is 5.23. The van der Waals surface area contributed by atoms with Crippen molar-refractivity contribution in [1.82, 2.24) is 20.0 Å². The number of anilines is 1.